The minimum atomic E-state index is -1.04. The molecule has 220 valence electrons. The minimum absolute atomic E-state index is 0.0411. The van der Waals surface area contributed by atoms with Crippen molar-refractivity contribution in [1.29, 1.82) is 0 Å². The SMILES string of the molecule is COc1ccc2c(c1)CN(C(=O)OC(C)(C)C)[C@H]([C@H](O)CNC(=O)c1ccc(C(=O)N3C4CCC3COC4)cc1)C2. The van der Waals surface area contributed by atoms with Crippen molar-refractivity contribution in [3.05, 3.63) is 64.7 Å². The first-order valence-corrected chi connectivity index (χ1v) is 14.2. The molecule has 2 aromatic rings. The fourth-order valence-corrected chi connectivity index (χ4v) is 5.88. The molecule has 2 saturated heterocycles. The Labute approximate surface area is 240 Å². The molecule has 41 heavy (non-hydrogen) atoms. The Morgan fingerprint density at radius 3 is 2.32 bits per heavy atom. The number of ether oxygens (including phenoxy) is 3. The fraction of sp³-hybridized carbons (Fsp3) is 0.516. The van der Waals surface area contributed by atoms with Gasteiger partial charge in [0, 0.05) is 24.2 Å². The molecular formula is C31H39N3O7. The van der Waals surface area contributed by atoms with Gasteiger partial charge in [0.25, 0.3) is 11.8 Å². The summed E-state index contributed by atoms with van der Waals surface area (Å²) in [7, 11) is 1.59. The van der Waals surface area contributed by atoms with Crippen LogP contribution in [0.4, 0.5) is 4.79 Å². The van der Waals surface area contributed by atoms with Gasteiger partial charge in [-0.3, -0.25) is 14.5 Å². The summed E-state index contributed by atoms with van der Waals surface area (Å²) in [5.74, 6) is 0.268. The number of nitrogens with one attached hydrogen (secondary N) is 1. The van der Waals surface area contributed by atoms with E-state index >= 15 is 0 Å². The first-order valence-electron chi connectivity index (χ1n) is 14.2. The van der Waals surface area contributed by atoms with E-state index < -0.39 is 23.8 Å². The Balaban J connectivity index is 1.24. The summed E-state index contributed by atoms with van der Waals surface area (Å²) in [4.78, 5) is 42.6. The van der Waals surface area contributed by atoms with Crippen LogP contribution in [0.5, 0.6) is 5.75 Å². The lowest BCUT2D eigenvalue weighted by molar-refractivity contribution is -0.0113. The van der Waals surface area contributed by atoms with Gasteiger partial charge >= 0.3 is 6.09 Å². The molecule has 2 N–H and O–H groups in total. The number of carbonyl (C=O) groups is 3. The van der Waals surface area contributed by atoms with Crippen molar-refractivity contribution in [2.75, 3.05) is 26.9 Å². The second-order valence-electron chi connectivity index (χ2n) is 12.0. The van der Waals surface area contributed by atoms with Crippen LogP contribution in [0, 0.1) is 0 Å². The number of carbonyl (C=O) groups excluding carboxylic acids is 3. The van der Waals surface area contributed by atoms with Gasteiger partial charge in [-0.15, -0.1) is 0 Å². The van der Waals surface area contributed by atoms with Crippen molar-refractivity contribution in [1.82, 2.24) is 15.1 Å². The van der Waals surface area contributed by atoms with Crippen LogP contribution in [0.3, 0.4) is 0 Å². The molecule has 2 bridgehead atoms. The molecule has 10 heteroatoms. The van der Waals surface area contributed by atoms with E-state index in [0.717, 1.165) is 24.0 Å². The van der Waals surface area contributed by atoms with E-state index in [1.54, 1.807) is 52.1 Å². The van der Waals surface area contributed by atoms with E-state index in [9.17, 15) is 19.5 Å². The van der Waals surface area contributed by atoms with Crippen molar-refractivity contribution < 1.29 is 33.7 Å². The number of nitrogens with zero attached hydrogens (tertiary/aromatic N) is 2. The second kappa shape index (κ2) is 11.7. The predicted octanol–water partition coefficient (Wildman–Crippen LogP) is 3.15. The molecule has 0 radical (unpaired) electrons. The lowest BCUT2D eigenvalue weighted by Crippen LogP contribution is -2.54. The Morgan fingerprint density at radius 2 is 1.68 bits per heavy atom. The molecule has 0 saturated carbocycles. The highest BCUT2D eigenvalue weighted by atomic mass is 16.6. The summed E-state index contributed by atoms with van der Waals surface area (Å²) < 4.78 is 16.6. The van der Waals surface area contributed by atoms with Crippen LogP contribution in [0.2, 0.25) is 0 Å². The van der Waals surface area contributed by atoms with Gasteiger partial charge in [-0.05, 0) is 87.6 Å². The van der Waals surface area contributed by atoms with Gasteiger partial charge in [-0.2, -0.15) is 0 Å². The van der Waals surface area contributed by atoms with Gasteiger partial charge in [0.2, 0.25) is 0 Å². The largest absolute Gasteiger partial charge is 0.497 e. The fourth-order valence-electron chi connectivity index (χ4n) is 5.88. The first-order chi connectivity index (χ1) is 19.5. The van der Waals surface area contributed by atoms with Gasteiger partial charge in [0.05, 0.1) is 44.6 Å². The zero-order valence-corrected chi connectivity index (χ0v) is 24.1. The molecule has 2 fully saturated rings. The minimum Gasteiger partial charge on any atom is -0.497 e. The molecule has 0 spiro atoms. The van der Waals surface area contributed by atoms with Crippen molar-refractivity contribution in [3.63, 3.8) is 0 Å². The molecule has 3 aliphatic heterocycles. The number of hydrogen-bond donors (Lipinski definition) is 2. The van der Waals surface area contributed by atoms with Gasteiger partial charge < -0.3 is 29.5 Å². The van der Waals surface area contributed by atoms with Crippen molar-refractivity contribution >= 4 is 17.9 Å². The van der Waals surface area contributed by atoms with Gasteiger partial charge in [0.1, 0.15) is 11.4 Å². The zero-order chi connectivity index (χ0) is 29.3. The van der Waals surface area contributed by atoms with E-state index in [1.165, 1.54) is 4.90 Å². The summed E-state index contributed by atoms with van der Waals surface area (Å²) in [5, 5.41) is 14.0. The standard InChI is InChI=1S/C31H39N3O7/c1-31(2,3)41-30(38)33-16-22-13-25(39-4)12-9-21(22)14-26(33)27(35)15-32-28(36)19-5-7-20(8-6-19)29(37)34-23-10-11-24(34)18-40-17-23/h5-9,12-13,23-24,26-27,35H,10-11,14-18H2,1-4H3,(H,32,36)/t23?,24?,26-,27+/m0/s1. The van der Waals surface area contributed by atoms with E-state index in [-0.39, 0.29) is 37.0 Å². The third kappa shape index (κ3) is 6.33. The van der Waals surface area contributed by atoms with Crippen LogP contribution < -0.4 is 10.1 Å². The highest BCUT2D eigenvalue weighted by Gasteiger charge is 2.41. The van der Waals surface area contributed by atoms with Crippen LogP contribution in [0.15, 0.2) is 42.5 Å². The average Bonchev–Trinajstić information content (AvgIpc) is 3.20. The summed E-state index contributed by atoms with van der Waals surface area (Å²) in [6.45, 7) is 6.70. The molecule has 10 nitrogen and oxygen atoms in total. The molecule has 2 unspecified atom stereocenters. The number of hydrogen-bond acceptors (Lipinski definition) is 7. The maximum Gasteiger partial charge on any atom is 0.410 e. The average molecular weight is 566 g/mol. The number of methoxy groups -OCH3 is 1. The summed E-state index contributed by atoms with van der Waals surface area (Å²) in [6, 6.07) is 11.9. The Hall–Kier alpha value is -3.63. The molecule has 3 aliphatic rings. The van der Waals surface area contributed by atoms with E-state index in [1.807, 2.05) is 23.1 Å². The number of morpholine rings is 1. The lowest BCUT2D eigenvalue weighted by Gasteiger charge is -2.40. The molecule has 0 aromatic heterocycles. The van der Waals surface area contributed by atoms with Crippen LogP contribution in [-0.2, 0) is 22.4 Å². The van der Waals surface area contributed by atoms with E-state index in [0.29, 0.717) is 36.5 Å². The molecular weight excluding hydrogens is 526 g/mol. The van der Waals surface area contributed by atoms with Crippen LogP contribution in [0.25, 0.3) is 0 Å². The van der Waals surface area contributed by atoms with Crippen molar-refractivity contribution in [3.8, 4) is 5.75 Å². The van der Waals surface area contributed by atoms with Crippen molar-refractivity contribution in [2.45, 2.75) is 76.4 Å². The number of aliphatic hydroxyl groups is 1. The number of amides is 3. The highest BCUT2D eigenvalue weighted by molar-refractivity contribution is 5.98. The quantitative estimate of drug-likeness (QED) is 0.553. The van der Waals surface area contributed by atoms with Gasteiger partial charge in [-0.25, -0.2) is 4.79 Å². The number of benzene rings is 2. The van der Waals surface area contributed by atoms with Crippen LogP contribution >= 0.6 is 0 Å². The lowest BCUT2D eigenvalue weighted by atomic mass is 9.91. The molecule has 5 rings (SSSR count). The maximum atomic E-state index is 13.1. The normalized spacial score (nSPS) is 22.5. The van der Waals surface area contributed by atoms with Crippen molar-refractivity contribution in [2.24, 2.45) is 0 Å². The van der Waals surface area contributed by atoms with Gasteiger partial charge in [-0.1, -0.05) is 6.07 Å². The Morgan fingerprint density at radius 1 is 1.02 bits per heavy atom. The summed E-state index contributed by atoms with van der Waals surface area (Å²) >= 11 is 0. The smallest absolute Gasteiger partial charge is 0.410 e. The number of rotatable bonds is 6. The second-order valence-corrected chi connectivity index (χ2v) is 12.0. The molecule has 2 aromatic carbocycles. The van der Waals surface area contributed by atoms with E-state index in [4.69, 9.17) is 14.2 Å². The third-order valence-electron chi connectivity index (χ3n) is 8.00. The predicted molar refractivity (Wildman–Crippen MR) is 151 cm³/mol. The molecule has 3 heterocycles. The molecule has 3 amide bonds. The topological polar surface area (TPSA) is 118 Å². The highest BCUT2D eigenvalue weighted by Crippen LogP contribution is 2.31. The monoisotopic (exact) mass is 565 g/mol. The van der Waals surface area contributed by atoms with Crippen LogP contribution in [0.1, 0.15) is 65.5 Å². The maximum absolute atomic E-state index is 13.1. The molecule has 4 atom stereocenters. The summed E-state index contributed by atoms with van der Waals surface area (Å²) in [6.07, 6.45) is 0.724. The van der Waals surface area contributed by atoms with Crippen LogP contribution in [-0.4, -0.2) is 89.5 Å². The number of fused-ring (bicyclic) bond motifs is 3. The van der Waals surface area contributed by atoms with E-state index in [2.05, 4.69) is 5.32 Å². The zero-order valence-electron chi connectivity index (χ0n) is 24.1. The first kappa shape index (κ1) is 28.9. The Kier molecular flexibility index (Phi) is 8.24. The van der Waals surface area contributed by atoms with Gasteiger partial charge in [0.15, 0.2) is 0 Å². The number of aliphatic hydroxyl groups excluding tert-OH is 1. The Bertz CT molecular complexity index is 1270. The summed E-state index contributed by atoms with van der Waals surface area (Å²) in [5.41, 5.74) is 2.12. The molecule has 0 aliphatic carbocycles. The third-order valence-corrected chi connectivity index (χ3v) is 8.00.